The van der Waals surface area contributed by atoms with Crippen molar-refractivity contribution in [3.63, 3.8) is 0 Å². The zero-order valence-corrected chi connectivity index (χ0v) is 12.9. The lowest BCUT2D eigenvalue weighted by atomic mass is 9.98. The van der Waals surface area contributed by atoms with Crippen LogP contribution in [-0.2, 0) is 14.6 Å². The largest absolute Gasteiger partial charge is 0.299 e. The number of rotatable bonds is 5. The summed E-state index contributed by atoms with van der Waals surface area (Å²) >= 11 is 0. The maximum Gasteiger partial charge on any atom is 0.179 e. The Morgan fingerprint density at radius 2 is 1.57 bits per heavy atom. The standard InChI is InChI=1S/C17H18O3S/c1-13-8-10-16(11-9-13)21(19,20)12-17(14(2)18)15-6-4-3-5-7-15/h3-11,17H,12H2,1-2H3. The number of hydrogen-bond donors (Lipinski definition) is 0. The highest BCUT2D eigenvalue weighted by atomic mass is 32.2. The lowest BCUT2D eigenvalue weighted by molar-refractivity contribution is -0.118. The van der Waals surface area contributed by atoms with Crippen molar-refractivity contribution in [3.05, 3.63) is 65.7 Å². The molecule has 0 heterocycles. The van der Waals surface area contributed by atoms with Crippen molar-refractivity contribution in [3.8, 4) is 0 Å². The molecular formula is C17H18O3S. The van der Waals surface area contributed by atoms with Crippen LogP contribution in [0.4, 0.5) is 0 Å². The Morgan fingerprint density at radius 1 is 1.00 bits per heavy atom. The summed E-state index contributed by atoms with van der Waals surface area (Å²) in [7, 11) is -3.49. The van der Waals surface area contributed by atoms with Gasteiger partial charge < -0.3 is 0 Å². The molecule has 0 aliphatic carbocycles. The Kier molecular flexibility index (Phi) is 4.58. The van der Waals surface area contributed by atoms with Gasteiger partial charge in [0.2, 0.25) is 0 Å². The van der Waals surface area contributed by atoms with Gasteiger partial charge in [0.15, 0.2) is 9.84 Å². The van der Waals surface area contributed by atoms with Crippen LogP contribution in [-0.4, -0.2) is 20.0 Å². The van der Waals surface area contributed by atoms with Crippen LogP contribution in [0.2, 0.25) is 0 Å². The zero-order valence-electron chi connectivity index (χ0n) is 12.1. The van der Waals surface area contributed by atoms with Crippen molar-refractivity contribution in [2.45, 2.75) is 24.7 Å². The Morgan fingerprint density at radius 3 is 2.10 bits per heavy atom. The summed E-state index contributed by atoms with van der Waals surface area (Å²) in [5.74, 6) is -0.968. The molecule has 4 heteroatoms. The smallest absolute Gasteiger partial charge is 0.179 e. The van der Waals surface area contributed by atoms with E-state index >= 15 is 0 Å². The van der Waals surface area contributed by atoms with Gasteiger partial charge in [0.1, 0.15) is 5.78 Å². The fourth-order valence-electron chi connectivity index (χ4n) is 2.19. The molecule has 0 radical (unpaired) electrons. The zero-order chi connectivity index (χ0) is 15.5. The Hall–Kier alpha value is -1.94. The first-order valence-electron chi connectivity index (χ1n) is 6.75. The molecule has 21 heavy (non-hydrogen) atoms. The highest BCUT2D eigenvalue weighted by Gasteiger charge is 2.25. The average molecular weight is 302 g/mol. The van der Waals surface area contributed by atoms with Crippen molar-refractivity contribution >= 4 is 15.6 Å². The number of Topliss-reactive ketones (excluding diaryl/α,β-unsaturated/α-hetero) is 1. The van der Waals surface area contributed by atoms with Gasteiger partial charge in [-0.2, -0.15) is 0 Å². The van der Waals surface area contributed by atoms with Crippen LogP contribution in [0.3, 0.4) is 0 Å². The lowest BCUT2D eigenvalue weighted by Crippen LogP contribution is -2.20. The third-order valence-corrected chi connectivity index (χ3v) is 5.22. The summed E-state index contributed by atoms with van der Waals surface area (Å²) in [5.41, 5.74) is 1.74. The van der Waals surface area contributed by atoms with Crippen LogP contribution in [0.5, 0.6) is 0 Å². The molecule has 1 unspecified atom stereocenters. The van der Waals surface area contributed by atoms with E-state index in [1.54, 1.807) is 36.4 Å². The van der Waals surface area contributed by atoms with Crippen molar-refractivity contribution < 1.29 is 13.2 Å². The predicted octanol–water partition coefficient (Wildman–Crippen LogP) is 3.14. The number of carbonyl (C=O) groups excluding carboxylic acids is 1. The SMILES string of the molecule is CC(=O)C(CS(=O)(=O)c1ccc(C)cc1)c1ccccc1. The second-order valence-electron chi connectivity index (χ2n) is 5.17. The number of benzene rings is 2. The molecular weight excluding hydrogens is 284 g/mol. The van der Waals surface area contributed by atoms with E-state index in [-0.39, 0.29) is 16.4 Å². The quantitative estimate of drug-likeness (QED) is 0.852. The topological polar surface area (TPSA) is 51.2 Å². The molecule has 0 bridgehead atoms. The summed E-state index contributed by atoms with van der Waals surface area (Å²) in [5, 5.41) is 0. The van der Waals surface area contributed by atoms with Crippen molar-refractivity contribution in [2.75, 3.05) is 5.75 Å². The van der Waals surface area contributed by atoms with Crippen molar-refractivity contribution in [1.82, 2.24) is 0 Å². The molecule has 3 nitrogen and oxygen atoms in total. The van der Waals surface area contributed by atoms with Gasteiger partial charge >= 0.3 is 0 Å². The normalized spacial score (nSPS) is 12.9. The van der Waals surface area contributed by atoms with E-state index in [9.17, 15) is 13.2 Å². The van der Waals surface area contributed by atoms with Gasteiger partial charge in [-0.25, -0.2) is 8.42 Å². The molecule has 2 aromatic carbocycles. The van der Waals surface area contributed by atoms with E-state index in [1.165, 1.54) is 6.92 Å². The molecule has 2 aromatic rings. The lowest BCUT2D eigenvalue weighted by Gasteiger charge is -2.14. The minimum atomic E-state index is -3.49. The second-order valence-corrected chi connectivity index (χ2v) is 7.20. The summed E-state index contributed by atoms with van der Waals surface area (Å²) in [6.07, 6.45) is 0. The van der Waals surface area contributed by atoms with Crippen molar-refractivity contribution in [1.29, 1.82) is 0 Å². The summed E-state index contributed by atoms with van der Waals surface area (Å²) in [6, 6.07) is 15.7. The van der Waals surface area contributed by atoms with Crippen LogP contribution in [0.25, 0.3) is 0 Å². The van der Waals surface area contributed by atoms with Crippen LogP contribution >= 0.6 is 0 Å². The third kappa shape index (κ3) is 3.79. The molecule has 0 saturated heterocycles. The Labute approximate surface area is 125 Å². The molecule has 0 spiro atoms. The monoisotopic (exact) mass is 302 g/mol. The number of hydrogen-bond acceptors (Lipinski definition) is 3. The van der Waals surface area contributed by atoms with Gasteiger partial charge in [0.05, 0.1) is 16.6 Å². The molecule has 0 fully saturated rings. The van der Waals surface area contributed by atoms with E-state index in [2.05, 4.69) is 0 Å². The molecule has 0 amide bonds. The minimum absolute atomic E-state index is 0.142. The Bertz CT molecular complexity index is 716. The van der Waals surface area contributed by atoms with Gasteiger partial charge in [-0.1, -0.05) is 48.0 Å². The molecule has 0 N–H and O–H groups in total. The van der Waals surface area contributed by atoms with E-state index < -0.39 is 15.8 Å². The highest BCUT2D eigenvalue weighted by Crippen LogP contribution is 2.23. The first-order valence-corrected chi connectivity index (χ1v) is 8.40. The maximum atomic E-state index is 12.5. The van der Waals surface area contributed by atoms with Crippen LogP contribution in [0.1, 0.15) is 24.0 Å². The maximum absolute atomic E-state index is 12.5. The molecule has 0 saturated carbocycles. The van der Waals surface area contributed by atoms with Gasteiger partial charge in [0, 0.05) is 0 Å². The van der Waals surface area contributed by atoms with Gasteiger partial charge in [-0.15, -0.1) is 0 Å². The van der Waals surface area contributed by atoms with Gasteiger partial charge in [-0.05, 0) is 31.5 Å². The highest BCUT2D eigenvalue weighted by molar-refractivity contribution is 7.91. The Balaban J connectivity index is 2.32. The molecule has 0 aliphatic rings. The van der Waals surface area contributed by atoms with Gasteiger partial charge in [-0.3, -0.25) is 4.79 Å². The molecule has 0 aromatic heterocycles. The average Bonchev–Trinajstić information content (AvgIpc) is 2.46. The number of carbonyl (C=O) groups is 1. The third-order valence-electron chi connectivity index (χ3n) is 3.46. The first kappa shape index (κ1) is 15.4. The molecule has 2 rings (SSSR count). The summed E-state index contributed by atoms with van der Waals surface area (Å²) < 4.78 is 25.0. The van der Waals surface area contributed by atoms with E-state index in [4.69, 9.17) is 0 Å². The number of aryl methyl sites for hydroxylation is 1. The predicted molar refractivity (Wildman–Crippen MR) is 83.1 cm³/mol. The fourth-order valence-corrected chi connectivity index (χ4v) is 3.80. The second kappa shape index (κ2) is 6.22. The summed E-state index contributed by atoms with van der Waals surface area (Å²) in [6.45, 7) is 3.33. The fraction of sp³-hybridized carbons (Fsp3) is 0.235. The molecule has 1 atom stereocenters. The first-order chi connectivity index (χ1) is 9.90. The number of sulfone groups is 1. The van der Waals surface area contributed by atoms with Crippen LogP contribution in [0.15, 0.2) is 59.5 Å². The molecule has 0 aliphatic heterocycles. The van der Waals surface area contributed by atoms with Crippen LogP contribution in [0, 0.1) is 6.92 Å². The minimum Gasteiger partial charge on any atom is -0.299 e. The number of ketones is 1. The van der Waals surface area contributed by atoms with E-state index in [0.717, 1.165) is 11.1 Å². The molecule has 110 valence electrons. The van der Waals surface area contributed by atoms with Gasteiger partial charge in [0.25, 0.3) is 0 Å². The van der Waals surface area contributed by atoms with Crippen molar-refractivity contribution in [2.24, 2.45) is 0 Å². The summed E-state index contributed by atoms with van der Waals surface area (Å²) in [4.78, 5) is 12.1. The van der Waals surface area contributed by atoms with Crippen LogP contribution < -0.4 is 0 Å². The van der Waals surface area contributed by atoms with E-state index in [1.807, 2.05) is 25.1 Å². The van der Waals surface area contributed by atoms with E-state index in [0.29, 0.717) is 0 Å².